The summed E-state index contributed by atoms with van der Waals surface area (Å²) in [4.78, 5) is 12.6. The predicted octanol–water partition coefficient (Wildman–Crippen LogP) is 6.83. The molecule has 4 heteroatoms. The van der Waals surface area contributed by atoms with Gasteiger partial charge in [0.2, 0.25) is 0 Å². The largest absolute Gasteiger partial charge is 0.393 e. The van der Waals surface area contributed by atoms with Crippen molar-refractivity contribution in [2.75, 3.05) is 0 Å². The Morgan fingerprint density at radius 3 is 2.62 bits per heavy atom. The maximum atomic E-state index is 12.6. The summed E-state index contributed by atoms with van der Waals surface area (Å²) >= 11 is 0. The second kappa shape index (κ2) is 11.9. The van der Waals surface area contributed by atoms with E-state index in [1.807, 2.05) is 0 Å². The summed E-state index contributed by atoms with van der Waals surface area (Å²) in [7, 11) is 0. The van der Waals surface area contributed by atoms with Crippen molar-refractivity contribution in [3.63, 3.8) is 0 Å². The Labute approximate surface area is 225 Å². The van der Waals surface area contributed by atoms with Gasteiger partial charge in [0.25, 0.3) is 0 Å². The van der Waals surface area contributed by atoms with Gasteiger partial charge in [0.05, 0.1) is 18.3 Å². The van der Waals surface area contributed by atoms with Crippen LogP contribution in [0.5, 0.6) is 0 Å². The molecule has 4 aliphatic carbocycles. The van der Waals surface area contributed by atoms with E-state index in [2.05, 4.69) is 39.5 Å². The van der Waals surface area contributed by atoms with Crippen molar-refractivity contribution in [2.24, 2.45) is 28.6 Å². The van der Waals surface area contributed by atoms with Crippen LogP contribution in [0.15, 0.2) is 35.5 Å². The highest BCUT2D eigenvalue weighted by molar-refractivity contribution is 5.87. The minimum atomic E-state index is -0.646. The number of carbonyl (C=O) groups excluding carboxylic acids is 1. The number of hydrogen-bond acceptors (Lipinski definition) is 4. The summed E-state index contributed by atoms with van der Waals surface area (Å²) in [5.74, 6) is 1.79. The molecule has 4 fully saturated rings. The molecule has 3 N–H and O–H groups in total. The molecule has 7 atom stereocenters. The molecule has 0 saturated heterocycles. The van der Waals surface area contributed by atoms with Crippen LogP contribution in [-0.2, 0) is 4.79 Å². The minimum Gasteiger partial charge on any atom is -0.393 e. The molecular formula is C33H52O4. The summed E-state index contributed by atoms with van der Waals surface area (Å²) < 4.78 is 0. The fourth-order valence-corrected chi connectivity index (χ4v) is 8.21. The van der Waals surface area contributed by atoms with Crippen LogP contribution in [-0.4, -0.2) is 39.4 Å². The highest BCUT2D eigenvalue weighted by Crippen LogP contribution is 2.60. The summed E-state index contributed by atoms with van der Waals surface area (Å²) in [6, 6.07) is 0. The fourth-order valence-electron chi connectivity index (χ4n) is 8.21. The van der Waals surface area contributed by atoms with Crippen LogP contribution in [0.4, 0.5) is 0 Å². The van der Waals surface area contributed by atoms with E-state index in [1.54, 1.807) is 0 Å². The Morgan fingerprint density at radius 1 is 1.16 bits per heavy atom. The van der Waals surface area contributed by atoms with E-state index in [0.29, 0.717) is 30.5 Å². The number of aliphatic hydroxyl groups is 3. The van der Waals surface area contributed by atoms with Gasteiger partial charge in [0.1, 0.15) is 5.78 Å². The zero-order valence-corrected chi connectivity index (χ0v) is 23.7. The normalized spacial score (nSPS) is 37.0. The van der Waals surface area contributed by atoms with E-state index in [4.69, 9.17) is 0 Å². The third kappa shape index (κ3) is 6.17. The van der Waals surface area contributed by atoms with Gasteiger partial charge < -0.3 is 15.3 Å². The van der Waals surface area contributed by atoms with Crippen molar-refractivity contribution >= 4 is 5.78 Å². The van der Waals surface area contributed by atoms with Crippen molar-refractivity contribution < 1.29 is 20.1 Å². The first kappa shape index (κ1) is 28.8. The number of Topliss-reactive ketones (excluding diaryl/α,β-unsaturated/α-hetero) is 1. The van der Waals surface area contributed by atoms with Crippen LogP contribution < -0.4 is 0 Å². The van der Waals surface area contributed by atoms with Crippen molar-refractivity contribution in [1.82, 2.24) is 0 Å². The number of fused-ring (bicyclic) bond motifs is 1. The molecule has 0 heterocycles. The highest BCUT2D eigenvalue weighted by atomic mass is 16.3. The molecule has 37 heavy (non-hydrogen) atoms. The number of ketones is 1. The number of unbranched alkanes of at least 4 members (excludes halogenated alkanes) is 1. The molecule has 0 aromatic rings. The number of carbonyl (C=O) groups is 1. The van der Waals surface area contributed by atoms with Crippen LogP contribution in [0.1, 0.15) is 117 Å². The highest BCUT2D eigenvalue weighted by Gasteiger charge is 2.52. The average Bonchev–Trinajstić information content (AvgIpc) is 3.57. The Balaban J connectivity index is 1.36. The van der Waals surface area contributed by atoms with Gasteiger partial charge in [-0.25, -0.2) is 0 Å². The fraction of sp³-hybridized carbons (Fsp3) is 0.788. The Hall–Kier alpha value is -1.23. The zero-order chi connectivity index (χ0) is 26.8. The SMILES string of the molecule is C=C1/C(=C\C=C2/CCC[C@]3(C)[C@@H]([C@H](C)[C@@H](O)CCCC4(C(=O)CCCC)CC4)CC[C@@H]23)C[C@@H](O)C[C@@H]1O. The molecule has 0 spiro atoms. The summed E-state index contributed by atoms with van der Waals surface area (Å²) in [6.45, 7) is 10.9. The van der Waals surface area contributed by atoms with Crippen molar-refractivity contribution in [3.8, 4) is 0 Å². The molecule has 208 valence electrons. The molecule has 0 radical (unpaired) electrons. The van der Waals surface area contributed by atoms with E-state index in [0.717, 1.165) is 75.4 Å². The minimum absolute atomic E-state index is 0.0458. The predicted molar refractivity (Wildman–Crippen MR) is 150 cm³/mol. The van der Waals surface area contributed by atoms with E-state index in [9.17, 15) is 20.1 Å². The molecule has 4 rings (SSSR count). The topological polar surface area (TPSA) is 77.8 Å². The van der Waals surface area contributed by atoms with Crippen LogP contribution in [0.25, 0.3) is 0 Å². The number of hydrogen-bond donors (Lipinski definition) is 3. The second-order valence-electron chi connectivity index (χ2n) is 13.3. The van der Waals surface area contributed by atoms with Gasteiger partial charge in [-0.1, -0.05) is 51.5 Å². The van der Waals surface area contributed by atoms with E-state index >= 15 is 0 Å². The van der Waals surface area contributed by atoms with E-state index in [1.165, 1.54) is 24.8 Å². The first-order valence-electron chi connectivity index (χ1n) is 15.3. The van der Waals surface area contributed by atoms with Crippen molar-refractivity contribution in [3.05, 3.63) is 35.5 Å². The Morgan fingerprint density at radius 2 is 1.92 bits per heavy atom. The van der Waals surface area contributed by atoms with Gasteiger partial charge in [-0.05, 0) is 111 Å². The smallest absolute Gasteiger partial charge is 0.139 e. The standard InChI is InChI=1S/C33H52O4/c1-5-6-11-31(37)33(18-19-33)17-8-10-29(35)23(3)27-14-15-28-24(9-7-16-32(27,28)4)12-13-25-20-26(34)21-30(36)22(25)2/h12-13,23,26-30,34-36H,2,5-11,14-21H2,1,3-4H3/b24-12+,25-13-/t23-,26+,27+,28-,29-,30-,32+/m0/s1. The van der Waals surface area contributed by atoms with E-state index < -0.39 is 12.2 Å². The molecule has 4 saturated carbocycles. The first-order valence-corrected chi connectivity index (χ1v) is 15.3. The molecule has 0 bridgehead atoms. The van der Waals surface area contributed by atoms with Gasteiger partial charge in [-0.2, -0.15) is 0 Å². The average molecular weight is 513 g/mol. The van der Waals surface area contributed by atoms with Gasteiger partial charge in [-0.15, -0.1) is 0 Å². The summed E-state index contributed by atoms with van der Waals surface area (Å²) in [5.41, 5.74) is 3.39. The van der Waals surface area contributed by atoms with Crippen molar-refractivity contribution in [1.29, 1.82) is 0 Å². The molecule has 0 unspecified atom stereocenters. The monoisotopic (exact) mass is 512 g/mol. The van der Waals surface area contributed by atoms with Crippen LogP contribution in [0, 0.1) is 28.6 Å². The second-order valence-corrected chi connectivity index (χ2v) is 13.3. The van der Waals surface area contributed by atoms with Crippen LogP contribution in [0.3, 0.4) is 0 Å². The van der Waals surface area contributed by atoms with Gasteiger partial charge in [0.15, 0.2) is 0 Å². The number of allylic oxidation sites excluding steroid dienone is 3. The maximum absolute atomic E-state index is 12.6. The third-order valence-electron chi connectivity index (χ3n) is 10.9. The Kier molecular flexibility index (Phi) is 9.24. The van der Waals surface area contributed by atoms with Crippen molar-refractivity contribution in [2.45, 2.75) is 135 Å². The third-order valence-corrected chi connectivity index (χ3v) is 10.9. The molecule has 0 aliphatic heterocycles. The molecule has 4 aliphatic rings. The van der Waals surface area contributed by atoms with Crippen LogP contribution in [0.2, 0.25) is 0 Å². The van der Waals surface area contributed by atoms with Gasteiger partial charge in [0, 0.05) is 18.3 Å². The molecule has 0 aromatic heterocycles. The first-order chi connectivity index (χ1) is 17.6. The lowest BCUT2D eigenvalue weighted by atomic mass is 9.60. The molecule has 0 amide bonds. The summed E-state index contributed by atoms with van der Waals surface area (Å²) in [6.07, 6.45) is 17.4. The summed E-state index contributed by atoms with van der Waals surface area (Å²) in [5, 5.41) is 31.5. The lowest BCUT2D eigenvalue weighted by Gasteiger charge is -2.45. The van der Waals surface area contributed by atoms with Crippen LogP contribution >= 0.6 is 0 Å². The van der Waals surface area contributed by atoms with E-state index in [-0.39, 0.29) is 22.9 Å². The van der Waals surface area contributed by atoms with Gasteiger partial charge >= 0.3 is 0 Å². The lowest BCUT2D eigenvalue weighted by molar-refractivity contribution is -0.124. The maximum Gasteiger partial charge on any atom is 0.139 e. The molecule has 0 aromatic carbocycles. The zero-order valence-electron chi connectivity index (χ0n) is 23.7. The quantitative estimate of drug-likeness (QED) is 0.283. The number of aliphatic hydroxyl groups excluding tert-OH is 3. The molecule has 4 nitrogen and oxygen atoms in total. The Bertz CT molecular complexity index is 896. The molecular weight excluding hydrogens is 460 g/mol. The lowest BCUT2D eigenvalue weighted by Crippen LogP contribution is -2.39. The van der Waals surface area contributed by atoms with Gasteiger partial charge in [-0.3, -0.25) is 4.79 Å². The number of rotatable bonds is 11.